The first-order chi connectivity index (χ1) is 15.3. The molecule has 0 aliphatic carbocycles. The van der Waals surface area contributed by atoms with Crippen LogP contribution in [0.3, 0.4) is 0 Å². The lowest BCUT2D eigenvalue weighted by Gasteiger charge is -2.13. The molecule has 0 aliphatic rings. The first-order valence-electron chi connectivity index (χ1n) is 10.4. The van der Waals surface area contributed by atoms with Crippen molar-refractivity contribution < 1.29 is 9.53 Å². The summed E-state index contributed by atoms with van der Waals surface area (Å²) in [4.78, 5) is 17.4. The molecule has 0 unspecified atom stereocenters. The second-order valence-electron chi connectivity index (χ2n) is 7.94. The minimum absolute atomic E-state index is 0.178. The van der Waals surface area contributed by atoms with Crippen molar-refractivity contribution in [1.82, 2.24) is 14.8 Å². The zero-order valence-corrected chi connectivity index (χ0v) is 19.3. The Morgan fingerprint density at radius 2 is 1.84 bits per heavy atom. The van der Waals surface area contributed by atoms with E-state index in [1.54, 1.807) is 16.8 Å². The number of hydrogen-bond donors (Lipinski definition) is 1. The van der Waals surface area contributed by atoms with Crippen LogP contribution >= 0.6 is 11.6 Å². The molecular formula is C25H25ClN4O2. The standard InChI is InChI=1S/C25H25ClN4O2/c1-15-11-17(3)25-19(12-15)16(2)13-22(28-25)30-23(14-18(4)29-30)27-24(31)9-10-32-21-8-6-5-7-20(21)26/h5-8,11-14H,9-10H2,1-4H3,(H,27,31). The maximum Gasteiger partial charge on any atom is 0.228 e. The number of ether oxygens (including phenoxy) is 1. The molecule has 4 rings (SSSR count). The summed E-state index contributed by atoms with van der Waals surface area (Å²) >= 11 is 6.09. The maximum atomic E-state index is 12.6. The lowest BCUT2D eigenvalue weighted by Crippen LogP contribution is -2.18. The van der Waals surface area contributed by atoms with E-state index in [0.29, 0.717) is 22.4 Å². The number of pyridine rings is 1. The van der Waals surface area contributed by atoms with Gasteiger partial charge in [0, 0.05) is 11.5 Å². The van der Waals surface area contributed by atoms with Gasteiger partial charge in [0.1, 0.15) is 11.6 Å². The largest absolute Gasteiger partial charge is 0.491 e. The number of aryl methyl sites for hydroxylation is 4. The minimum atomic E-state index is -0.178. The number of benzene rings is 2. The van der Waals surface area contributed by atoms with Gasteiger partial charge in [0.05, 0.1) is 29.3 Å². The van der Waals surface area contributed by atoms with Gasteiger partial charge in [0.15, 0.2) is 5.82 Å². The fourth-order valence-electron chi connectivity index (χ4n) is 3.72. The molecule has 32 heavy (non-hydrogen) atoms. The number of rotatable bonds is 6. The normalized spacial score (nSPS) is 11.0. The molecule has 7 heteroatoms. The van der Waals surface area contributed by atoms with E-state index in [1.807, 2.05) is 31.2 Å². The third kappa shape index (κ3) is 4.60. The Morgan fingerprint density at radius 1 is 1.06 bits per heavy atom. The number of fused-ring (bicyclic) bond motifs is 1. The van der Waals surface area contributed by atoms with Crippen LogP contribution in [0, 0.1) is 27.7 Å². The monoisotopic (exact) mass is 448 g/mol. The molecule has 0 saturated carbocycles. The number of aromatic nitrogens is 3. The lowest BCUT2D eigenvalue weighted by atomic mass is 10.0. The number of carbonyl (C=O) groups excluding carboxylic acids is 1. The lowest BCUT2D eigenvalue weighted by molar-refractivity contribution is -0.116. The van der Waals surface area contributed by atoms with Gasteiger partial charge < -0.3 is 10.1 Å². The molecule has 0 fully saturated rings. The van der Waals surface area contributed by atoms with E-state index in [-0.39, 0.29) is 18.9 Å². The average Bonchev–Trinajstić information content (AvgIpc) is 3.10. The van der Waals surface area contributed by atoms with Crippen LogP contribution in [0.25, 0.3) is 16.7 Å². The van der Waals surface area contributed by atoms with Gasteiger partial charge in [-0.3, -0.25) is 4.79 Å². The topological polar surface area (TPSA) is 69.0 Å². The number of hydrogen-bond acceptors (Lipinski definition) is 4. The molecule has 164 valence electrons. The van der Waals surface area contributed by atoms with E-state index in [9.17, 15) is 4.79 Å². The van der Waals surface area contributed by atoms with Crippen LogP contribution in [0.2, 0.25) is 5.02 Å². The molecular weight excluding hydrogens is 424 g/mol. The second kappa shape index (κ2) is 9.01. The highest BCUT2D eigenvalue weighted by atomic mass is 35.5. The molecule has 2 heterocycles. The summed E-state index contributed by atoms with van der Waals surface area (Å²) in [6.45, 7) is 8.30. The van der Waals surface area contributed by atoms with Gasteiger partial charge in [-0.15, -0.1) is 0 Å². The molecule has 1 amide bonds. The van der Waals surface area contributed by atoms with Gasteiger partial charge in [-0.05, 0) is 63.1 Å². The van der Waals surface area contributed by atoms with Crippen LogP contribution in [0.5, 0.6) is 5.75 Å². The smallest absolute Gasteiger partial charge is 0.228 e. The third-order valence-electron chi connectivity index (χ3n) is 5.18. The van der Waals surface area contributed by atoms with Gasteiger partial charge in [0.25, 0.3) is 0 Å². The quantitative estimate of drug-likeness (QED) is 0.410. The first-order valence-corrected chi connectivity index (χ1v) is 10.8. The zero-order chi connectivity index (χ0) is 22.8. The Morgan fingerprint density at radius 3 is 2.62 bits per heavy atom. The van der Waals surface area contributed by atoms with Gasteiger partial charge in [0.2, 0.25) is 5.91 Å². The molecule has 0 aliphatic heterocycles. The SMILES string of the molecule is Cc1cc(C)c2nc(-n3nc(C)cc3NC(=O)CCOc3ccccc3Cl)cc(C)c2c1. The predicted molar refractivity (Wildman–Crippen MR) is 128 cm³/mol. The maximum absolute atomic E-state index is 12.6. The van der Waals surface area contributed by atoms with E-state index >= 15 is 0 Å². The molecule has 6 nitrogen and oxygen atoms in total. The first kappa shape index (κ1) is 21.8. The molecule has 0 radical (unpaired) electrons. The summed E-state index contributed by atoms with van der Waals surface area (Å²) in [6.07, 6.45) is 0.179. The number of nitrogens with one attached hydrogen (secondary N) is 1. The van der Waals surface area contributed by atoms with Crippen LogP contribution in [0.4, 0.5) is 5.82 Å². The van der Waals surface area contributed by atoms with Crippen molar-refractivity contribution in [2.24, 2.45) is 0 Å². The highest BCUT2D eigenvalue weighted by Crippen LogP contribution is 2.26. The third-order valence-corrected chi connectivity index (χ3v) is 5.49. The van der Waals surface area contributed by atoms with Gasteiger partial charge in [-0.1, -0.05) is 35.4 Å². The van der Waals surface area contributed by atoms with Crippen molar-refractivity contribution in [3.05, 3.63) is 75.9 Å². The summed E-state index contributed by atoms with van der Waals surface area (Å²) in [5.41, 5.74) is 5.14. The number of para-hydroxylation sites is 1. The Kier molecular flexibility index (Phi) is 6.15. The summed E-state index contributed by atoms with van der Waals surface area (Å²) < 4.78 is 7.30. The van der Waals surface area contributed by atoms with Crippen LogP contribution in [0.15, 0.2) is 48.5 Å². The zero-order valence-electron chi connectivity index (χ0n) is 18.6. The molecule has 0 spiro atoms. The van der Waals surface area contributed by atoms with Gasteiger partial charge in [-0.2, -0.15) is 9.78 Å². The molecule has 0 atom stereocenters. The van der Waals surface area contributed by atoms with Crippen molar-refractivity contribution in [2.45, 2.75) is 34.1 Å². The number of amides is 1. The second-order valence-corrected chi connectivity index (χ2v) is 8.34. The molecule has 1 N–H and O–H groups in total. The van der Waals surface area contributed by atoms with E-state index in [2.05, 4.69) is 43.3 Å². The fourth-order valence-corrected chi connectivity index (χ4v) is 3.91. The van der Waals surface area contributed by atoms with Crippen LogP contribution in [-0.4, -0.2) is 27.3 Å². The van der Waals surface area contributed by atoms with Gasteiger partial charge in [-0.25, -0.2) is 4.98 Å². The molecule has 2 aromatic carbocycles. The highest BCUT2D eigenvalue weighted by molar-refractivity contribution is 6.32. The van der Waals surface area contributed by atoms with Crippen molar-refractivity contribution in [2.75, 3.05) is 11.9 Å². The minimum Gasteiger partial charge on any atom is -0.491 e. The summed E-state index contributed by atoms with van der Waals surface area (Å²) in [7, 11) is 0. The van der Waals surface area contributed by atoms with Crippen molar-refractivity contribution in [3.8, 4) is 11.6 Å². The molecule has 2 aromatic heterocycles. The van der Waals surface area contributed by atoms with E-state index < -0.39 is 0 Å². The number of nitrogens with zero attached hydrogens (tertiary/aromatic N) is 3. The van der Waals surface area contributed by atoms with Crippen LogP contribution in [0.1, 0.15) is 28.8 Å². The van der Waals surface area contributed by atoms with Crippen molar-refractivity contribution in [3.63, 3.8) is 0 Å². The van der Waals surface area contributed by atoms with Gasteiger partial charge >= 0.3 is 0 Å². The fraction of sp³-hybridized carbons (Fsp3) is 0.240. The van der Waals surface area contributed by atoms with Crippen molar-refractivity contribution in [1.29, 1.82) is 0 Å². The Labute approximate surface area is 192 Å². The van der Waals surface area contributed by atoms with E-state index in [1.165, 1.54) is 5.56 Å². The Hall–Kier alpha value is -3.38. The summed E-state index contributed by atoms with van der Waals surface area (Å²) in [5.74, 6) is 1.62. The van der Waals surface area contributed by atoms with Crippen LogP contribution in [-0.2, 0) is 4.79 Å². The predicted octanol–water partition coefficient (Wildman–Crippen LogP) is 5.72. The van der Waals surface area contributed by atoms with Crippen LogP contribution < -0.4 is 10.1 Å². The molecule has 0 saturated heterocycles. The summed E-state index contributed by atoms with van der Waals surface area (Å²) in [6, 6.07) is 15.3. The number of halogens is 1. The molecule has 0 bridgehead atoms. The van der Waals surface area contributed by atoms with Crippen molar-refractivity contribution >= 4 is 34.2 Å². The Balaban J connectivity index is 1.54. The summed E-state index contributed by atoms with van der Waals surface area (Å²) in [5, 5.41) is 9.13. The molecule has 4 aromatic rings. The Bertz CT molecular complexity index is 1310. The van der Waals surface area contributed by atoms with E-state index in [0.717, 1.165) is 27.7 Å². The van der Waals surface area contributed by atoms with E-state index in [4.69, 9.17) is 21.3 Å². The highest BCUT2D eigenvalue weighted by Gasteiger charge is 2.15. The average molecular weight is 449 g/mol. The number of anilines is 1. The number of carbonyl (C=O) groups is 1.